The van der Waals surface area contributed by atoms with Gasteiger partial charge in [-0.05, 0) is 101 Å². The molecule has 0 fully saturated rings. The van der Waals surface area contributed by atoms with Gasteiger partial charge in [0.15, 0.2) is 5.82 Å². The Morgan fingerprint density at radius 3 is 1.58 bits per heavy atom. The lowest BCUT2D eigenvalue weighted by molar-refractivity contribution is 1.19. The fourth-order valence-electron chi connectivity index (χ4n) is 10.1. The Kier molecular flexibility index (Phi) is 8.75. The van der Waals surface area contributed by atoms with E-state index in [2.05, 4.69) is 224 Å². The van der Waals surface area contributed by atoms with Crippen molar-refractivity contribution in [3.8, 4) is 67.3 Å². The molecule has 0 saturated heterocycles. The predicted octanol–water partition coefficient (Wildman–Crippen LogP) is 17.5. The van der Waals surface area contributed by atoms with Crippen LogP contribution in [0.3, 0.4) is 0 Å². The highest BCUT2D eigenvalue weighted by molar-refractivity contribution is 7.25. The standard InChI is InChI=1S/C62H38N2S/c1-3-16-41(17-4-1)60-52-25-12-11-24-51(52)59(53-33-31-39-15-7-8-20-46(39)61(53)60)42-29-27-40(28-30-42)45-34-35-49(48-22-10-9-21-47(45)48)56-38-55(63-62(64-56)43-18-5-2-6-19-43)44-32-36-58-54(37-44)50-23-13-14-26-57(50)65-58/h1-38H. The van der Waals surface area contributed by atoms with Gasteiger partial charge in [-0.3, -0.25) is 0 Å². The van der Waals surface area contributed by atoms with Crippen molar-refractivity contribution in [1.29, 1.82) is 0 Å². The maximum atomic E-state index is 5.28. The van der Waals surface area contributed by atoms with Crippen molar-refractivity contribution >= 4 is 74.6 Å². The number of fused-ring (bicyclic) bond motifs is 8. The van der Waals surface area contributed by atoms with Crippen molar-refractivity contribution in [2.45, 2.75) is 0 Å². The summed E-state index contributed by atoms with van der Waals surface area (Å²) in [5.41, 5.74) is 12.3. The molecule has 0 aliphatic rings. The molecule has 0 unspecified atom stereocenters. The second-order valence-corrected chi connectivity index (χ2v) is 17.9. The van der Waals surface area contributed by atoms with Crippen LogP contribution in [-0.4, -0.2) is 9.97 Å². The Balaban J connectivity index is 0.954. The van der Waals surface area contributed by atoms with Crippen molar-refractivity contribution in [1.82, 2.24) is 9.97 Å². The van der Waals surface area contributed by atoms with E-state index in [0.717, 1.165) is 33.5 Å². The van der Waals surface area contributed by atoms with Crippen LogP contribution in [0, 0.1) is 0 Å². The first-order chi connectivity index (χ1) is 32.2. The average Bonchev–Trinajstić information content (AvgIpc) is 3.76. The molecule has 2 nitrogen and oxygen atoms in total. The molecule has 0 radical (unpaired) electrons. The van der Waals surface area contributed by atoms with Crippen LogP contribution >= 0.6 is 11.3 Å². The van der Waals surface area contributed by atoms with Crippen LogP contribution in [0.1, 0.15) is 0 Å². The van der Waals surface area contributed by atoms with Crippen LogP contribution in [0.5, 0.6) is 0 Å². The lowest BCUT2D eigenvalue weighted by Gasteiger charge is -2.19. The molecule has 3 heteroatoms. The fraction of sp³-hybridized carbons (Fsp3) is 0. The third kappa shape index (κ3) is 6.24. The van der Waals surface area contributed by atoms with Crippen molar-refractivity contribution in [2.75, 3.05) is 0 Å². The zero-order valence-corrected chi connectivity index (χ0v) is 36.1. The zero-order chi connectivity index (χ0) is 42.8. The predicted molar refractivity (Wildman–Crippen MR) is 278 cm³/mol. The molecule has 0 spiro atoms. The molecular weight excluding hydrogens is 805 g/mol. The number of aromatic nitrogens is 2. The van der Waals surface area contributed by atoms with Gasteiger partial charge in [-0.2, -0.15) is 0 Å². The molecule has 0 aliphatic carbocycles. The minimum atomic E-state index is 0.710. The first kappa shape index (κ1) is 37.3. The van der Waals surface area contributed by atoms with E-state index in [1.165, 1.54) is 91.3 Å². The first-order valence-electron chi connectivity index (χ1n) is 22.1. The van der Waals surface area contributed by atoms with Crippen LogP contribution < -0.4 is 0 Å². The summed E-state index contributed by atoms with van der Waals surface area (Å²) in [6, 6.07) is 83.5. The van der Waals surface area contributed by atoms with Crippen LogP contribution in [0.4, 0.5) is 0 Å². The summed E-state index contributed by atoms with van der Waals surface area (Å²) in [7, 11) is 0. The second-order valence-electron chi connectivity index (χ2n) is 16.8. The molecule has 0 N–H and O–H groups in total. The molecule has 0 atom stereocenters. The summed E-state index contributed by atoms with van der Waals surface area (Å²) in [5, 5.41) is 12.4. The Labute approximate surface area is 380 Å². The van der Waals surface area contributed by atoms with Gasteiger partial charge >= 0.3 is 0 Å². The Bertz CT molecular complexity index is 3980. The monoisotopic (exact) mass is 842 g/mol. The highest BCUT2D eigenvalue weighted by atomic mass is 32.1. The van der Waals surface area contributed by atoms with E-state index in [0.29, 0.717) is 5.82 Å². The quantitative estimate of drug-likeness (QED) is 0.123. The van der Waals surface area contributed by atoms with E-state index in [-0.39, 0.29) is 0 Å². The van der Waals surface area contributed by atoms with Crippen molar-refractivity contribution in [3.63, 3.8) is 0 Å². The molecule has 2 aromatic heterocycles. The van der Waals surface area contributed by atoms with E-state index >= 15 is 0 Å². The van der Waals surface area contributed by atoms with Gasteiger partial charge in [-0.1, -0.05) is 206 Å². The SMILES string of the molecule is c1ccc(-c2nc(-c3ccc4sc5ccccc5c4c3)cc(-c3ccc(-c4ccc(-c5c6ccccc6c(-c6ccccc6)c6c5ccc5ccccc56)cc4)c4ccccc34)n2)cc1. The van der Waals surface area contributed by atoms with Crippen molar-refractivity contribution in [3.05, 3.63) is 231 Å². The van der Waals surface area contributed by atoms with Crippen LogP contribution in [0.15, 0.2) is 231 Å². The highest BCUT2D eigenvalue weighted by Gasteiger charge is 2.20. The van der Waals surface area contributed by atoms with Crippen LogP contribution in [-0.2, 0) is 0 Å². The van der Waals surface area contributed by atoms with E-state index in [9.17, 15) is 0 Å². The highest BCUT2D eigenvalue weighted by Crippen LogP contribution is 2.47. The molecule has 65 heavy (non-hydrogen) atoms. The molecular formula is C62H38N2S. The van der Waals surface area contributed by atoms with E-state index < -0.39 is 0 Å². The molecule has 0 bridgehead atoms. The van der Waals surface area contributed by atoms with Gasteiger partial charge in [0.05, 0.1) is 11.4 Å². The van der Waals surface area contributed by atoms with Gasteiger partial charge in [0.1, 0.15) is 0 Å². The largest absolute Gasteiger partial charge is 0.228 e. The Morgan fingerprint density at radius 1 is 0.277 bits per heavy atom. The lowest BCUT2D eigenvalue weighted by Crippen LogP contribution is -1.96. The smallest absolute Gasteiger partial charge is 0.160 e. The fourth-order valence-corrected chi connectivity index (χ4v) is 11.2. The summed E-state index contributed by atoms with van der Waals surface area (Å²) in [6.45, 7) is 0. The van der Waals surface area contributed by atoms with Gasteiger partial charge in [0.25, 0.3) is 0 Å². The molecule has 302 valence electrons. The Hall–Kier alpha value is -8.24. The maximum Gasteiger partial charge on any atom is 0.160 e. The number of nitrogens with zero attached hydrogens (tertiary/aromatic N) is 2. The molecule has 0 saturated carbocycles. The number of hydrogen-bond acceptors (Lipinski definition) is 3. The van der Waals surface area contributed by atoms with Crippen molar-refractivity contribution < 1.29 is 0 Å². The van der Waals surface area contributed by atoms with Crippen LogP contribution in [0.25, 0.3) is 131 Å². The van der Waals surface area contributed by atoms with E-state index in [1.807, 2.05) is 17.4 Å². The van der Waals surface area contributed by atoms with Gasteiger partial charge in [-0.15, -0.1) is 11.3 Å². The summed E-state index contributed by atoms with van der Waals surface area (Å²) in [4.78, 5) is 10.5. The average molecular weight is 843 g/mol. The first-order valence-corrected chi connectivity index (χ1v) is 23.0. The topological polar surface area (TPSA) is 25.8 Å². The second kappa shape index (κ2) is 15.2. The minimum absolute atomic E-state index is 0.710. The lowest BCUT2D eigenvalue weighted by atomic mass is 9.83. The molecule has 2 heterocycles. The molecule has 13 aromatic rings. The van der Waals surface area contributed by atoms with Crippen LogP contribution in [0.2, 0.25) is 0 Å². The molecule has 13 rings (SSSR count). The van der Waals surface area contributed by atoms with E-state index in [4.69, 9.17) is 9.97 Å². The summed E-state index contributed by atoms with van der Waals surface area (Å²) in [5.74, 6) is 0.710. The summed E-state index contributed by atoms with van der Waals surface area (Å²) < 4.78 is 2.57. The Morgan fingerprint density at radius 2 is 0.815 bits per heavy atom. The summed E-state index contributed by atoms with van der Waals surface area (Å²) >= 11 is 1.83. The number of rotatable bonds is 6. The summed E-state index contributed by atoms with van der Waals surface area (Å²) in [6.07, 6.45) is 0. The third-order valence-electron chi connectivity index (χ3n) is 13.1. The van der Waals surface area contributed by atoms with Gasteiger partial charge in [-0.25, -0.2) is 9.97 Å². The normalized spacial score (nSPS) is 11.7. The number of thiophene rings is 1. The molecule has 11 aromatic carbocycles. The van der Waals surface area contributed by atoms with Gasteiger partial charge < -0.3 is 0 Å². The zero-order valence-electron chi connectivity index (χ0n) is 35.2. The molecule has 0 aliphatic heterocycles. The number of benzene rings is 11. The van der Waals surface area contributed by atoms with Gasteiger partial charge in [0.2, 0.25) is 0 Å². The van der Waals surface area contributed by atoms with E-state index in [1.54, 1.807) is 0 Å². The minimum Gasteiger partial charge on any atom is -0.228 e. The maximum absolute atomic E-state index is 5.28. The van der Waals surface area contributed by atoms with Gasteiger partial charge in [0, 0.05) is 36.9 Å². The number of hydrogen-bond donors (Lipinski definition) is 0. The third-order valence-corrected chi connectivity index (χ3v) is 14.2. The van der Waals surface area contributed by atoms with Crippen molar-refractivity contribution in [2.24, 2.45) is 0 Å². The molecule has 0 amide bonds.